The van der Waals surface area contributed by atoms with Crippen molar-refractivity contribution in [3.63, 3.8) is 0 Å². The lowest BCUT2D eigenvalue weighted by atomic mass is 9.85. The average molecular weight is 338 g/mol. The molecule has 0 spiro atoms. The van der Waals surface area contributed by atoms with Crippen molar-refractivity contribution in [3.05, 3.63) is 0 Å². The summed E-state index contributed by atoms with van der Waals surface area (Å²) in [5.74, 6) is 1.19. The van der Waals surface area contributed by atoms with E-state index < -0.39 is 0 Å². The number of amides is 1. The molecule has 0 aromatic carbocycles. The van der Waals surface area contributed by atoms with E-state index in [0.29, 0.717) is 18.2 Å². The van der Waals surface area contributed by atoms with Gasteiger partial charge in [0.2, 0.25) is 5.91 Å². The van der Waals surface area contributed by atoms with E-state index in [4.69, 9.17) is 0 Å². The number of nitrogens with one attached hydrogen (secondary N) is 1. The first-order valence-corrected chi connectivity index (χ1v) is 10.1. The molecule has 0 heterocycles. The zero-order valence-corrected chi connectivity index (χ0v) is 16.3. The van der Waals surface area contributed by atoms with Gasteiger partial charge in [-0.3, -0.25) is 4.79 Å². The van der Waals surface area contributed by atoms with Gasteiger partial charge in [0.1, 0.15) is 0 Å². The van der Waals surface area contributed by atoms with Gasteiger partial charge in [-0.15, -0.1) is 0 Å². The third-order valence-corrected chi connectivity index (χ3v) is 5.83. The Morgan fingerprint density at radius 2 is 1.85 bits per heavy atom. The molecule has 0 fully saturated rings. The molecule has 5 heteroatoms. The largest absolute Gasteiger partial charge is 0.355 e. The summed E-state index contributed by atoms with van der Waals surface area (Å²) in [7, 11) is 3.74. The fourth-order valence-electron chi connectivity index (χ4n) is 2.06. The zero-order valence-electron chi connectivity index (χ0n) is 13.8. The Labute approximate surface area is 138 Å². The van der Waals surface area contributed by atoms with Crippen LogP contribution in [0.4, 0.5) is 0 Å². The second kappa shape index (κ2) is 9.52. The monoisotopic (exact) mass is 337 g/mol. The Kier molecular flexibility index (Phi) is 9.77. The summed E-state index contributed by atoms with van der Waals surface area (Å²) < 4.78 is -0.143. The summed E-state index contributed by atoms with van der Waals surface area (Å²) in [4.78, 5) is 11.8. The third-order valence-electron chi connectivity index (χ3n) is 2.47. The smallest absolute Gasteiger partial charge is 0.220 e. The van der Waals surface area contributed by atoms with E-state index in [-0.39, 0.29) is 16.1 Å². The molecule has 1 amide bonds. The molecule has 0 aliphatic rings. The van der Waals surface area contributed by atoms with Gasteiger partial charge in [-0.25, -0.2) is 0 Å². The van der Waals surface area contributed by atoms with Crippen LogP contribution in [0, 0.1) is 5.41 Å². The molecule has 20 heavy (non-hydrogen) atoms. The quantitative estimate of drug-likeness (QED) is 0.360. The van der Waals surface area contributed by atoms with Gasteiger partial charge >= 0.3 is 0 Å². The van der Waals surface area contributed by atoms with Gasteiger partial charge in [0.25, 0.3) is 0 Å². The molecular weight excluding hydrogens is 306 g/mol. The number of hydrogen-bond donors (Lipinski definition) is 2. The highest BCUT2D eigenvalue weighted by atomic mass is 33.1. The van der Waals surface area contributed by atoms with Crippen LogP contribution in [0.25, 0.3) is 0 Å². The third kappa shape index (κ3) is 13.5. The van der Waals surface area contributed by atoms with Crippen molar-refractivity contribution in [3.8, 4) is 0 Å². The second-order valence-corrected chi connectivity index (χ2v) is 11.2. The van der Waals surface area contributed by atoms with E-state index in [0.717, 1.165) is 18.6 Å². The van der Waals surface area contributed by atoms with Crippen LogP contribution in [0.3, 0.4) is 0 Å². The molecule has 0 aromatic heterocycles. The molecule has 0 saturated heterocycles. The minimum Gasteiger partial charge on any atom is -0.355 e. The fourth-order valence-corrected chi connectivity index (χ4v) is 4.70. The van der Waals surface area contributed by atoms with Crippen LogP contribution in [0.1, 0.15) is 60.8 Å². The van der Waals surface area contributed by atoms with E-state index in [1.165, 1.54) is 0 Å². The molecule has 2 nitrogen and oxygen atoms in total. The molecule has 0 aliphatic heterocycles. The lowest BCUT2D eigenvalue weighted by molar-refractivity contribution is -0.121. The Hall–Kier alpha value is 0.520. The van der Waals surface area contributed by atoms with Gasteiger partial charge in [-0.05, 0) is 25.2 Å². The first-order valence-electron chi connectivity index (χ1n) is 7.29. The highest BCUT2D eigenvalue weighted by Gasteiger charge is 2.26. The van der Waals surface area contributed by atoms with Crippen LogP contribution in [0.5, 0.6) is 0 Å². The molecule has 1 N–H and O–H groups in total. The van der Waals surface area contributed by atoms with Crippen LogP contribution in [0.15, 0.2) is 0 Å². The molecule has 0 aromatic rings. The summed E-state index contributed by atoms with van der Waals surface area (Å²) in [6.07, 6.45) is 2.54. The minimum atomic E-state index is -0.143. The van der Waals surface area contributed by atoms with Crippen molar-refractivity contribution in [2.24, 2.45) is 5.41 Å². The van der Waals surface area contributed by atoms with E-state index >= 15 is 0 Å². The maximum absolute atomic E-state index is 11.8. The van der Waals surface area contributed by atoms with Crippen molar-refractivity contribution >= 4 is 40.1 Å². The molecule has 0 saturated carbocycles. The van der Waals surface area contributed by atoms with Crippen molar-refractivity contribution < 1.29 is 4.79 Å². The molecule has 0 rings (SSSR count). The van der Waals surface area contributed by atoms with Crippen LogP contribution in [-0.4, -0.2) is 28.2 Å². The summed E-state index contributed by atoms with van der Waals surface area (Å²) in [5.41, 5.74) is 0.228. The predicted octanol–water partition coefficient (Wildman–Crippen LogP) is 4.80. The van der Waals surface area contributed by atoms with Gasteiger partial charge in [0.05, 0.1) is 0 Å². The highest BCUT2D eigenvalue weighted by Crippen LogP contribution is 2.31. The Morgan fingerprint density at radius 3 is 2.35 bits per heavy atom. The average Bonchev–Trinajstić information content (AvgIpc) is 2.22. The van der Waals surface area contributed by atoms with Crippen molar-refractivity contribution in [2.45, 2.75) is 70.8 Å². The summed E-state index contributed by atoms with van der Waals surface area (Å²) >= 11 is 4.68. The Bertz CT molecular complexity index is 285. The van der Waals surface area contributed by atoms with Crippen LogP contribution in [-0.2, 0) is 4.79 Å². The molecule has 1 unspecified atom stereocenters. The summed E-state index contributed by atoms with van der Waals surface area (Å²) in [6.45, 7) is 13.7. The van der Waals surface area contributed by atoms with E-state index in [2.05, 4.69) is 59.5 Å². The number of carbonyl (C=O) groups excluding carboxylic acids is 1. The van der Waals surface area contributed by atoms with Gasteiger partial charge in [0.15, 0.2) is 0 Å². The van der Waals surface area contributed by atoms with Crippen molar-refractivity contribution in [2.75, 3.05) is 12.3 Å². The number of thiol groups is 1. The topological polar surface area (TPSA) is 29.1 Å². The maximum Gasteiger partial charge on any atom is 0.220 e. The fraction of sp³-hybridized carbons (Fsp3) is 0.933. The summed E-state index contributed by atoms with van der Waals surface area (Å²) in [6, 6.07) is 0. The normalized spacial score (nSPS) is 15.2. The second-order valence-electron chi connectivity index (χ2n) is 7.08. The molecular formula is C15H31NOS3. The lowest BCUT2D eigenvalue weighted by Gasteiger charge is -2.31. The van der Waals surface area contributed by atoms with Gasteiger partial charge in [-0.2, -0.15) is 12.6 Å². The number of carbonyl (C=O) groups is 1. The molecule has 0 bridgehead atoms. The minimum absolute atomic E-state index is 0.143. The summed E-state index contributed by atoms with van der Waals surface area (Å²) in [5, 5.41) is 3.66. The molecule has 120 valence electrons. The zero-order chi connectivity index (χ0) is 15.8. The SMILES string of the molecule is CC(C)SSCCCC(=O)NCC(C)(S)CC(C)(C)C. The van der Waals surface area contributed by atoms with Crippen molar-refractivity contribution in [1.82, 2.24) is 5.32 Å². The number of hydrogen-bond acceptors (Lipinski definition) is 4. The predicted molar refractivity (Wildman–Crippen MR) is 98.9 cm³/mol. The van der Waals surface area contributed by atoms with Crippen LogP contribution >= 0.6 is 34.2 Å². The highest BCUT2D eigenvalue weighted by molar-refractivity contribution is 8.76. The van der Waals surface area contributed by atoms with Crippen LogP contribution in [0.2, 0.25) is 0 Å². The van der Waals surface area contributed by atoms with Gasteiger partial charge in [-0.1, -0.05) is 56.2 Å². The van der Waals surface area contributed by atoms with Crippen LogP contribution < -0.4 is 5.32 Å². The van der Waals surface area contributed by atoms with E-state index in [9.17, 15) is 4.79 Å². The Morgan fingerprint density at radius 1 is 1.25 bits per heavy atom. The van der Waals surface area contributed by atoms with Gasteiger partial charge in [0, 0.05) is 28.7 Å². The van der Waals surface area contributed by atoms with Gasteiger partial charge < -0.3 is 5.32 Å². The lowest BCUT2D eigenvalue weighted by Crippen LogP contribution is -2.39. The Balaban J connectivity index is 3.77. The molecule has 0 aliphatic carbocycles. The maximum atomic E-state index is 11.8. The molecule has 0 radical (unpaired) electrons. The first-order chi connectivity index (χ1) is 9.02. The van der Waals surface area contributed by atoms with E-state index in [1.54, 1.807) is 0 Å². The van der Waals surface area contributed by atoms with E-state index in [1.807, 2.05) is 21.6 Å². The standard InChI is InChI=1S/C15H31NOS3/c1-12(2)20-19-9-7-8-13(17)16-11-15(6,18)10-14(3,4)5/h12,18H,7-11H2,1-6H3,(H,16,17). The molecule has 1 atom stereocenters. The number of rotatable bonds is 9. The first kappa shape index (κ1) is 20.5. The van der Waals surface area contributed by atoms with Crippen molar-refractivity contribution in [1.29, 1.82) is 0 Å².